The van der Waals surface area contributed by atoms with Crippen LogP contribution in [0.5, 0.6) is 0 Å². The van der Waals surface area contributed by atoms with Gasteiger partial charge >= 0.3 is 0 Å². The lowest BCUT2D eigenvalue weighted by Gasteiger charge is -2.30. The molecule has 2 aromatic rings. The predicted octanol–water partition coefficient (Wildman–Crippen LogP) is 2.96. The van der Waals surface area contributed by atoms with Crippen LogP contribution in [0.25, 0.3) is 0 Å². The molecule has 3 N–H and O–H groups in total. The molecule has 1 fully saturated rings. The molecule has 1 aromatic heterocycles. The van der Waals surface area contributed by atoms with E-state index in [4.69, 9.17) is 0 Å². The smallest absolute Gasteiger partial charge is 0.289 e. The number of alkyl halides is 2. The number of ketones is 1. The first-order chi connectivity index (χ1) is 18.0. The van der Waals surface area contributed by atoms with Crippen LogP contribution in [0.15, 0.2) is 54.7 Å². The Morgan fingerprint density at radius 1 is 0.974 bits per heavy atom. The number of hydrogen-bond acceptors (Lipinski definition) is 5. The summed E-state index contributed by atoms with van der Waals surface area (Å²) < 4.78 is 26.8. The first kappa shape index (κ1) is 28.9. The Kier molecular flexibility index (Phi) is 9.66. The highest BCUT2D eigenvalue weighted by Gasteiger charge is 2.40. The quantitative estimate of drug-likeness (QED) is 0.306. The van der Waals surface area contributed by atoms with Crippen molar-refractivity contribution in [1.82, 2.24) is 20.9 Å². The number of pyridine rings is 1. The number of nitrogens with one attached hydrogen (secondary N) is 3. The zero-order valence-corrected chi connectivity index (χ0v) is 21.6. The first-order valence-electron chi connectivity index (χ1n) is 12.7. The maximum Gasteiger partial charge on any atom is 0.289 e. The van der Waals surface area contributed by atoms with Gasteiger partial charge in [-0.3, -0.25) is 24.2 Å². The van der Waals surface area contributed by atoms with E-state index in [0.717, 1.165) is 5.56 Å². The van der Waals surface area contributed by atoms with Crippen LogP contribution in [0.3, 0.4) is 0 Å². The van der Waals surface area contributed by atoms with E-state index in [9.17, 15) is 28.0 Å². The van der Waals surface area contributed by atoms with E-state index in [-0.39, 0.29) is 38.3 Å². The minimum absolute atomic E-state index is 0.0401. The second kappa shape index (κ2) is 12.7. The fourth-order valence-electron chi connectivity index (χ4n) is 4.18. The maximum absolute atomic E-state index is 13.4. The normalized spacial score (nSPS) is 16.2. The molecule has 1 aliphatic rings. The summed E-state index contributed by atoms with van der Waals surface area (Å²) in [5.74, 6) is -5.79. The van der Waals surface area contributed by atoms with Crippen molar-refractivity contribution in [3.63, 3.8) is 0 Å². The molecule has 0 saturated heterocycles. The monoisotopic (exact) mass is 528 g/mol. The largest absolute Gasteiger partial charge is 0.355 e. The van der Waals surface area contributed by atoms with Crippen molar-refractivity contribution in [1.29, 1.82) is 0 Å². The van der Waals surface area contributed by atoms with E-state index in [1.807, 2.05) is 0 Å². The lowest BCUT2D eigenvalue weighted by molar-refractivity contribution is -0.144. The molecule has 8 nitrogen and oxygen atoms in total. The van der Waals surface area contributed by atoms with Crippen LogP contribution in [0.2, 0.25) is 0 Å². The third-order valence-corrected chi connectivity index (χ3v) is 6.81. The van der Waals surface area contributed by atoms with E-state index in [1.165, 1.54) is 13.8 Å². The summed E-state index contributed by atoms with van der Waals surface area (Å²) in [7, 11) is 0. The van der Waals surface area contributed by atoms with Gasteiger partial charge in [0.2, 0.25) is 23.5 Å². The topological polar surface area (TPSA) is 117 Å². The summed E-state index contributed by atoms with van der Waals surface area (Å²) >= 11 is 0. The van der Waals surface area contributed by atoms with Crippen LogP contribution < -0.4 is 16.0 Å². The highest BCUT2D eigenvalue weighted by molar-refractivity contribution is 6.38. The van der Waals surface area contributed by atoms with Gasteiger partial charge in [-0.15, -0.1) is 0 Å². The Balaban J connectivity index is 1.63. The van der Waals surface area contributed by atoms with Gasteiger partial charge in [-0.25, -0.2) is 8.78 Å². The Bertz CT molecular complexity index is 1120. The van der Waals surface area contributed by atoms with Gasteiger partial charge in [0.25, 0.3) is 5.91 Å². The molecule has 1 unspecified atom stereocenters. The van der Waals surface area contributed by atoms with Crippen LogP contribution in [0.1, 0.15) is 50.8 Å². The molecule has 3 amide bonds. The van der Waals surface area contributed by atoms with E-state index in [2.05, 4.69) is 20.9 Å². The number of aromatic nitrogens is 1. The van der Waals surface area contributed by atoms with Crippen molar-refractivity contribution in [2.45, 2.75) is 64.5 Å². The molecule has 1 heterocycles. The molecule has 1 aromatic carbocycles. The lowest BCUT2D eigenvalue weighted by Crippen LogP contribution is -2.55. The Morgan fingerprint density at radius 3 is 2.26 bits per heavy atom. The Labute approximate surface area is 221 Å². The van der Waals surface area contributed by atoms with Crippen LogP contribution in [0.4, 0.5) is 8.78 Å². The second-order valence-corrected chi connectivity index (χ2v) is 10.2. The number of Topliss-reactive ketones (excluding diaryl/α,β-unsaturated/α-hetero) is 1. The molecule has 0 bridgehead atoms. The zero-order valence-electron chi connectivity index (χ0n) is 21.6. The number of rotatable bonds is 11. The van der Waals surface area contributed by atoms with Gasteiger partial charge in [0.15, 0.2) is 0 Å². The molecule has 1 saturated carbocycles. The van der Waals surface area contributed by atoms with Crippen LogP contribution in [0, 0.1) is 11.3 Å². The van der Waals surface area contributed by atoms with E-state index in [1.54, 1.807) is 54.7 Å². The molecular formula is C28H34F2N4O4. The second-order valence-electron chi connectivity index (χ2n) is 10.2. The molecule has 0 aliphatic heterocycles. The molecule has 38 heavy (non-hydrogen) atoms. The third-order valence-electron chi connectivity index (χ3n) is 6.81. The number of carbonyl (C=O) groups is 4. The van der Waals surface area contributed by atoms with E-state index < -0.39 is 40.9 Å². The number of hydrogen-bond donors (Lipinski definition) is 3. The summed E-state index contributed by atoms with van der Waals surface area (Å²) in [5.41, 5.74) is -0.282. The first-order valence-corrected chi connectivity index (χ1v) is 12.7. The van der Waals surface area contributed by atoms with Crippen molar-refractivity contribution >= 4 is 23.5 Å². The van der Waals surface area contributed by atoms with Crippen LogP contribution in [-0.4, -0.2) is 47.0 Å². The van der Waals surface area contributed by atoms with Crippen LogP contribution in [-0.2, 0) is 32.1 Å². The number of nitrogens with zero attached hydrogens (tertiary/aromatic N) is 1. The predicted molar refractivity (Wildman–Crippen MR) is 137 cm³/mol. The molecule has 0 radical (unpaired) electrons. The minimum Gasteiger partial charge on any atom is -0.355 e. The molecule has 3 rings (SSSR count). The number of benzene rings is 1. The van der Waals surface area contributed by atoms with Crippen molar-refractivity contribution in [3.8, 4) is 0 Å². The average molecular weight is 529 g/mol. The highest BCUT2D eigenvalue weighted by atomic mass is 19.3. The third kappa shape index (κ3) is 8.16. The summed E-state index contributed by atoms with van der Waals surface area (Å²) in [4.78, 5) is 55.9. The van der Waals surface area contributed by atoms with Gasteiger partial charge in [-0.05, 0) is 50.3 Å². The fourth-order valence-corrected chi connectivity index (χ4v) is 4.18. The maximum atomic E-state index is 13.4. The fraction of sp³-hybridized carbons (Fsp3) is 0.464. The Morgan fingerprint density at radius 2 is 1.63 bits per heavy atom. The molecule has 1 atom stereocenters. The van der Waals surface area contributed by atoms with Crippen LogP contribution >= 0.6 is 0 Å². The standard InChI is InChI=1S/C28H34F2N4O4/c1-27(2,25(37)33-17-20-11-13-28(29,30)14-12-20)26(38)34-22(16-19-8-4-3-5-9-19)23(35)24(36)32-18-21-10-6-7-15-31-21/h3-10,15,20,22H,11-14,16-18H2,1-2H3,(H,32,36)(H,33,37)(H,34,38). The van der Waals surface area contributed by atoms with Gasteiger partial charge in [0.05, 0.1) is 12.2 Å². The van der Waals surface area contributed by atoms with Crippen molar-refractivity contribution in [2.24, 2.45) is 11.3 Å². The van der Waals surface area contributed by atoms with Gasteiger partial charge in [-0.1, -0.05) is 36.4 Å². The Hall–Kier alpha value is -3.69. The minimum atomic E-state index is -2.66. The average Bonchev–Trinajstić information content (AvgIpc) is 2.91. The summed E-state index contributed by atoms with van der Waals surface area (Å²) in [5, 5.41) is 7.82. The van der Waals surface area contributed by atoms with Gasteiger partial charge in [0.1, 0.15) is 11.5 Å². The summed E-state index contributed by atoms with van der Waals surface area (Å²) in [6, 6.07) is 12.9. The van der Waals surface area contributed by atoms with Gasteiger partial charge in [0, 0.05) is 32.0 Å². The van der Waals surface area contributed by atoms with E-state index in [0.29, 0.717) is 18.5 Å². The SMILES string of the molecule is CC(C)(C(=O)NCC1CCC(F)(F)CC1)C(=O)NC(Cc1ccccc1)C(=O)C(=O)NCc1ccccn1. The van der Waals surface area contributed by atoms with Crippen molar-refractivity contribution in [2.75, 3.05) is 6.54 Å². The summed E-state index contributed by atoms with van der Waals surface area (Å²) in [6.45, 7) is 3.06. The number of halogens is 2. The highest BCUT2D eigenvalue weighted by Crippen LogP contribution is 2.35. The van der Waals surface area contributed by atoms with Crippen molar-refractivity contribution in [3.05, 3.63) is 66.0 Å². The van der Waals surface area contributed by atoms with E-state index >= 15 is 0 Å². The van der Waals surface area contributed by atoms with Gasteiger partial charge in [-0.2, -0.15) is 0 Å². The summed E-state index contributed by atoms with van der Waals surface area (Å²) in [6.07, 6.45) is 1.77. The molecule has 10 heteroatoms. The molecule has 0 spiro atoms. The van der Waals surface area contributed by atoms with Gasteiger partial charge < -0.3 is 16.0 Å². The molecular weight excluding hydrogens is 494 g/mol. The number of amides is 3. The molecule has 204 valence electrons. The lowest BCUT2D eigenvalue weighted by atomic mass is 9.86. The van der Waals surface area contributed by atoms with Crippen molar-refractivity contribution < 1.29 is 28.0 Å². The number of carbonyl (C=O) groups excluding carboxylic acids is 4. The molecule has 1 aliphatic carbocycles. The zero-order chi connectivity index (χ0) is 27.8.